The molecular formula is C17H20N2O. The Morgan fingerprint density at radius 3 is 2.70 bits per heavy atom. The molecule has 0 radical (unpaired) electrons. The molecule has 0 atom stereocenters. The SMILES string of the molecule is NC1CC(C(=O)NCCc2cccc3ccccc23)C1. The van der Waals surface area contributed by atoms with Crippen molar-refractivity contribution in [1.82, 2.24) is 5.32 Å². The molecule has 1 amide bonds. The summed E-state index contributed by atoms with van der Waals surface area (Å²) in [5.41, 5.74) is 6.99. The molecule has 1 aliphatic carbocycles. The third-order valence-electron chi connectivity index (χ3n) is 4.12. The fourth-order valence-corrected chi connectivity index (χ4v) is 2.85. The minimum atomic E-state index is 0.137. The lowest BCUT2D eigenvalue weighted by Gasteiger charge is -2.31. The maximum Gasteiger partial charge on any atom is 0.223 e. The Balaban J connectivity index is 1.59. The molecule has 3 rings (SSSR count). The molecule has 3 N–H and O–H groups in total. The Kier molecular flexibility index (Phi) is 3.70. The van der Waals surface area contributed by atoms with Crippen LogP contribution in [0.2, 0.25) is 0 Å². The Hall–Kier alpha value is -1.87. The van der Waals surface area contributed by atoms with Gasteiger partial charge in [0.05, 0.1) is 0 Å². The van der Waals surface area contributed by atoms with E-state index in [2.05, 4.69) is 41.7 Å². The minimum Gasteiger partial charge on any atom is -0.356 e. The number of amides is 1. The molecule has 0 bridgehead atoms. The van der Waals surface area contributed by atoms with Crippen molar-refractivity contribution in [1.29, 1.82) is 0 Å². The summed E-state index contributed by atoms with van der Waals surface area (Å²) < 4.78 is 0. The van der Waals surface area contributed by atoms with E-state index in [4.69, 9.17) is 5.73 Å². The van der Waals surface area contributed by atoms with Gasteiger partial charge in [-0.25, -0.2) is 0 Å². The van der Waals surface area contributed by atoms with Gasteiger partial charge in [0.1, 0.15) is 0 Å². The molecule has 104 valence electrons. The second kappa shape index (κ2) is 5.63. The number of rotatable bonds is 4. The van der Waals surface area contributed by atoms with Crippen LogP contribution in [0, 0.1) is 5.92 Å². The van der Waals surface area contributed by atoms with Gasteiger partial charge in [0, 0.05) is 18.5 Å². The van der Waals surface area contributed by atoms with Crippen LogP contribution >= 0.6 is 0 Å². The van der Waals surface area contributed by atoms with Gasteiger partial charge in [-0.2, -0.15) is 0 Å². The van der Waals surface area contributed by atoms with Gasteiger partial charge in [-0.15, -0.1) is 0 Å². The maximum absolute atomic E-state index is 11.9. The Morgan fingerprint density at radius 2 is 1.90 bits per heavy atom. The van der Waals surface area contributed by atoms with Crippen LogP contribution in [0.5, 0.6) is 0 Å². The highest BCUT2D eigenvalue weighted by molar-refractivity contribution is 5.85. The monoisotopic (exact) mass is 268 g/mol. The fourth-order valence-electron chi connectivity index (χ4n) is 2.85. The Labute approximate surface area is 119 Å². The number of nitrogens with two attached hydrogens (primary N) is 1. The van der Waals surface area contributed by atoms with Crippen LogP contribution < -0.4 is 11.1 Å². The van der Waals surface area contributed by atoms with E-state index in [1.54, 1.807) is 0 Å². The summed E-state index contributed by atoms with van der Waals surface area (Å²) in [6.07, 6.45) is 2.53. The molecule has 0 heterocycles. The summed E-state index contributed by atoms with van der Waals surface area (Å²) in [4.78, 5) is 11.9. The van der Waals surface area contributed by atoms with Gasteiger partial charge in [0.25, 0.3) is 0 Å². The molecule has 3 heteroatoms. The standard InChI is InChI=1S/C17H20N2O/c18-15-10-14(11-15)17(20)19-9-8-13-6-3-5-12-4-1-2-7-16(12)13/h1-7,14-15H,8-11,18H2,(H,19,20). The normalized spacial score (nSPS) is 21.4. The topological polar surface area (TPSA) is 55.1 Å². The first-order valence-corrected chi connectivity index (χ1v) is 7.24. The maximum atomic E-state index is 11.9. The molecule has 20 heavy (non-hydrogen) atoms. The summed E-state index contributed by atoms with van der Waals surface area (Å²) >= 11 is 0. The smallest absolute Gasteiger partial charge is 0.223 e. The van der Waals surface area contributed by atoms with E-state index >= 15 is 0 Å². The van der Waals surface area contributed by atoms with E-state index in [-0.39, 0.29) is 17.9 Å². The van der Waals surface area contributed by atoms with E-state index in [0.717, 1.165) is 19.3 Å². The zero-order chi connectivity index (χ0) is 13.9. The summed E-state index contributed by atoms with van der Waals surface area (Å²) in [6.45, 7) is 0.693. The van der Waals surface area contributed by atoms with Gasteiger partial charge in [0.2, 0.25) is 5.91 Å². The minimum absolute atomic E-state index is 0.137. The molecule has 0 aliphatic heterocycles. The number of carbonyl (C=O) groups is 1. The zero-order valence-corrected chi connectivity index (χ0v) is 11.5. The molecular weight excluding hydrogens is 248 g/mol. The predicted octanol–water partition coefficient (Wildman–Crippen LogP) is 2.24. The number of carbonyl (C=O) groups excluding carboxylic acids is 1. The number of benzene rings is 2. The predicted molar refractivity (Wildman–Crippen MR) is 81.4 cm³/mol. The van der Waals surface area contributed by atoms with Gasteiger partial charge < -0.3 is 11.1 Å². The van der Waals surface area contributed by atoms with Gasteiger partial charge in [-0.05, 0) is 35.6 Å². The van der Waals surface area contributed by atoms with E-state index in [1.165, 1.54) is 16.3 Å². The number of fused-ring (bicyclic) bond motifs is 1. The molecule has 0 saturated heterocycles. The molecule has 1 saturated carbocycles. The number of nitrogens with one attached hydrogen (secondary N) is 1. The van der Waals surface area contributed by atoms with Crippen molar-refractivity contribution in [3.05, 3.63) is 48.0 Å². The van der Waals surface area contributed by atoms with Crippen molar-refractivity contribution in [2.24, 2.45) is 11.7 Å². The molecule has 0 aromatic heterocycles. The lowest BCUT2D eigenvalue weighted by Crippen LogP contribution is -2.45. The van der Waals surface area contributed by atoms with Gasteiger partial charge in [-0.1, -0.05) is 42.5 Å². The third-order valence-corrected chi connectivity index (χ3v) is 4.12. The third kappa shape index (κ3) is 2.68. The van der Waals surface area contributed by atoms with Crippen LogP contribution in [0.4, 0.5) is 0 Å². The van der Waals surface area contributed by atoms with E-state index < -0.39 is 0 Å². The Bertz CT molecular complexity index is 612. The molecule has 2 aromatic carbocycles. The molecule has 2 aromatic rings. The number of hydrogen-bond acceptors (Lipinski definition) is 2. The molecule has 3 nitrogen and oxygen atoms in total. The van der Waals surface area contributed by atoms with Crippen LogP contribution in [0.15, 0.2) is 42.5 Å². The Morgan fingerprint density at radius 1 is 1.15 bits per heavy atom. The molecule has 1 fully saturated rings. The summed E-state index contributed by atoms with van der Waals surface area (Å²) in [5.74, 6) is 0.296. The summed E-state index contributed by atoms with van der Waals surface area (Å²) in [7, 11) is 0. The lowest BCUT2D eigenvalue weighted by atomic mass is 9.80. The highest BCUT2D eigenvalue weighted by Crippen LogP contribution is 2.25. The lowest BCUT2D eigenvalue weighted by molar-refractivity contribution is -0.127. The second-order valence-corrected chi connectivity index (χ2v) is 5.61. The van der Waals surface area contributed by atoms with Crippen LogP contribution in [-0.4, -0.2) is 18.5 Å². The highest BCUT2D eigenvalue weighted by Gasteiger charge is 2.31. The largest absolute Gasteiger partial charge is 0.356 e. The number of hydrogen-bond donors (Lipinski definition) is 2. The van der Waals surface area contributed by atoms with Crippen molar-refractivity contribution >= 4 is 16.7 Å². The molecule has 0 unspecified atom stereocenters. The van der Waals surface area contributed by atoms with Crippen molar-refractivity contribution in [2.45, 2.75) is 25.3 Å². The van der Waals surface area contributed by atoms with Crippen LogP contribution in [0.3, 0.4) is 0 Å². The van der Waals surface area contributed by atoms with E-state index in [9.17, 15) is 4.79 Å². The highest BCUT2D eigenvalue weighted by atomic mass is 16.1. The van der Waals surface area contributed by atoms with Crippen molar-refractivity contribution in [3.63, 3.8) is 0 Å². The first-order valence-electron chi connectivity index (χ1n) is 7.24. The quantitative estimate of drug-likeness (QED) is 0.893. The summed E-state index contributed by atoms with van der Waals surface area (Å²) in [5, 5.41) is 5.55. The van der Waals surface area contributed by atoms with Crippen LogP contribution in [-0.2, 0) is 11.2 Å². The zero-order valence-electron chi connectivity index (χ0n) is 11.5. The fraction of sp³-hybridized carbons (Fsp3) is 0.353. The summed E-state index contributed by atoms with van der Waals surface area (Å²) in [6, 6.07) is 14.9. The molecule has 1 aliphatic rings. The van der Waals surface area contributed by atoms with E-state index in [0.29, 0.717) is 6.54 Å². The van der Waals surface area contributed by atoms with Crippen molar-refractivity contribution in [2.75, 3.05) is 6.54 Å². The van der Waals surface area contributed by atoms with Gasteiger partial charge in [0.15, 0.2) is 0 Å². The van der Waals surface area contributed by atoms with Crippen LogP contribution in [0.25, 0.3) is 10.8 Å². The van der Waals surface area contributed by atoms with Crippen molar-refractivity contribution < 1.29 is 4.79 Å². The van der Waals surface area contributed by atoms with E-state index in [1.807, 2.05) is 6.07 Å². The first-order chi connectivity index (χ1) is 9.74. The van der Waals surface area contributed by atoms with Crippen LogP contribution in [0.1, 0.15) is 18.4 Å². The van der Waals surface area contributed by atoms with Crippen molar-refractivity contribution in [3.8, 4) is 0 Å². The average Bonchev–Trinajstić information content (AvgIpc) is 2.44. The van der Waals surface area contributed by atoms with Gasteiger partial charge in [-0.3, -0.25) is 4.79 Å². The second-order valence-electron chi connectivity index (χ2n) is 5.61. The van der Waals surface area contributed by atoms with Gasteiger partial charge >= 0.3 is 0 Å². The average molecular weight is 268 g/mol. The first kappa shape index (κ1) is 13.1. The molecule has 0 spiro atoms.